The van der Waals surface area contributed by atoms with E-state index < -0.39 is 0 Å². The maximum Gasteiger partial charge on any atom is 0.337 e. The van der Waals surface area contributed by atoms with Gasteiger partial charge in [0.2, 0.25) is 0 Å². The molecule has 120 valence electrons. The molecule has 0 aliphatic heterocycles. The average molecular weight is 300 g/mol. The van der Waals surface area contributed by atoms with Crippen LogP contribution in [-0.2, 0) is 9.53 Å². The van der Waals surface area contributed by atoms with E-state index in [4.69, 9.17) is 4.74 Å². The Labute approximate surface area is 134 Å². The predicted molar refractivity (Wildman–Crippen MR) is 93.5 cm³/mol. The van der Waals surface area contributed by atoms with Crippen LogP contribution < -0.4 is 0 Å². The number of benzene rings is 1. The SMILES string of the molecule is C=C(C=C(C)c1ccccc1)C(=O)OCC(CC)CCCC. The molecule has 0 N–H and O–H groups in total. The van der Waals surface area contributed by atoms with Crippen LogP contribution in [-0.4, -0.2) is 12.6 Å². The first-order valence-electron chi connectivity index (χ1n) is 8.18. The standard InChI is InChI=1S/C20H28O2/c1-5-7-11-18(6-2)15-22-20(21)17(4)14-16(3)19-12-9-8-10-13-19/h8-10,12-14,18H,4-7,11,15H2,1-3H3. The Kier molecular flexibility index (Phi) is 8.27. The van der Waals surface area contributed by atoms with Crippen molar-refractivity contribution in [3.63, 3.8) is 0 Å². The Bertz CT molecular complexity index is 500. The average Bonchev–Trinajstić information content (AvgIpc) is 2.55. The highest BCUT2D eigenvalue weighted by Crippen LogP contribution is 2.17. The summed E-state index contributed by atoms with van der Waals surface area (Å²) in [5.41, 5.74) is 2.51. The van der Waals surface area contributed by atoms with Gasteiger partial charge in [0.15, 0.2) is 0 Å². The van der Waals surface area contributed by atoms with Crippen molar-refractivity contribution < 1.29 is 9.53 Å². The van der Waals surface area contributed by atoms with E-state index in [2.05, 4.69) is 20.4 Å². The lowest BCUT2D eigenvalue weighted by atomic mass is 10.0. The van der Waals surface area contributed by atoms with E-state index in [1.54, 1.807) is 6.08 Å². The Morgan fingerprint density at radius 1 is 1.27 bits per heavy atom. The molecule has 1 aromatic carbocycles. The molecule has 2 heteroatoms. The molecule has 0 saturated heterocycles. The summed E-state index contributed by atoms with van der Waals surface area (Å²) in [5.74, 6) is 0.140. The lowest BCUT2D eigenvalue weighted by Gasteiger charge is -2.14. The minimum atomic E-state index is -0.315. The molecular weight excluding hydrogens is 272 g/mol. The third-order valence-corrected chi connectivity index (χ3v) is 3.88. The second-order valence-electron chi connectivity index (χ2n) is 5.73. The van der Waals surface area contributed by atoms with Gasteiger partial charge in [-0.2, -0.15) is 0 Å². The van der Waals surface area contributed by atoms with Gasteiger partial charge < -0.3 is 4.74 Å². The maximum absolute atomic E-state index is 12.0. The molecule has 1 unspecified atom stereocenters. The fourth-order valence-corrected chi connectivity index (χ4v) is 2.29. The van der Waals surface area contributed by atoms with Gasteiger partial charge in [-0.25, -0.2) is 4.79 Å². The fourth-order valence-electron chi connectivity index (χ4n) is 2.29. The molecule has 0 saturated carbocycles. The van der Waals surface area contributed by atoms with Crippen LogP contribution in [0.1, 0.15) is 52.0 Å². The van der Waals surface area contributed by atoms with E-state index in [0.717, 1.165) is 24.0 Å². The first-order valence-corrected chi connectivity index (χ1v) is 8.18. The molecule has 0 fully saturated rings. The van der Waals surface area contributed by atoms with Gasteiger partial charge >= 0.3 is 5.97 Å². The highest BCUT2D eigenvalue weighted by Gasteiger charge is 2.12. The molecule has 1 rings (SSSR count). The van der Waals surface area contributed by atoms with E-state index in [1.807, 2.05) is 37.3 Å². The highest BCUT2D eigenvalue weighted by atomic mass is 16.5. The van der Waals surface area contributed by atoms with Gasteiger partial charge in [0.05, 0.1) is 12.2 Å². The van der Waals surface area contributed by atoms with Gasteiger partial charge in [0.1, 0.15) is 0 Å². The lowest BCUT2D eigenvalue weighted by Crippen LogP contribution is -2.14. The molecule has 2 nitrogen and oxygen atoms in total. The van der Waals surface area contributed by atoms with Gasteiger partial charge in [-0.1, -0.05) is 70.0 Å². The van der Waals surface area contributed by atoms with Crippen molar-refractivity contribution in [1.82, 2.24) is 0 Å². The molecule has 0 aliphatic rings. The summed E-state index contributed by atoms with van der Waals surface area (Å²) in [4.78, 5) is 12.0. The van der Waals surface area contributed by atoms with Crippen molar-refractivity contribution in [2.24, 2.45) is 5.92 Å². The summed E-state index contributed by atoms with van der Waals surface area (Å²) in [6.45, 7) is 10.6. The second-order valence-corrected chi connectivity index (χ2v) is 5.73. The van der Waals surface area contributed by atoms with Crippen molar-refractivity contribution in [3.8, 4) is 0 Å². The van der Waals surface area contributed by atoms with Crippen LogP contribution in [0.3, 0.4) is 0 Å². The van der Waals surface area contributed by atoms with Crippen molar-refractivity contribution in [2.45, 2.75) is 46.5 Å². The van der Waals surface area contributed by atoms with Crippen molar-refractivity contribution in [3.05, 3.63) is 54.1 Å². The van der Waals surface area contributed by atoms with E-state index in [0.29, 0.717) is 18.1 Å². The Balaban J connectivity index is 2.53. The van der Waals surface area contributed by atoms with Crippen molar-refractivity contribution >= 4 is 11.5 Å². The van der Waals surface area contributed by atoms with E-state index in [-0.39, 0.29) is 5.97 Å². The Hall–Kier alpha value is -1.83. The first kappa shape index (κ1) is 18.2. The number of esters is 1. The summed E-state index contributed by atoms with van der Waals surface area (Å²) in [6.07, 6.45) is 6.31. The minimum Gasteiger partial charge on any atom is -0.462 e. The summed E-state index contributed by atoms with van der Waals surface area (Å²) < 4.78 is 5.41. The topological polar surface area (TPSA) is 26.3 Å². The zero-order chi connectivity index (χ0) is 16.4. The van der Waals surface area contributed by atoms with Crippen LogP contribution >= 0.6 is 0 Å². The number of unbranched alkanes of at least 4 members (excludes halogenated alkanes) is 1. The molecule has 0 radical (unpaired) electrons. The van der Waals surface area contributed by atoms with Gasteiger partial charge in [-0.3, -0.25) is 0 Å². The molecule has 1 aromatic rings. The smallest absolute Gasteiger partial charge is 0.337 e. The van der Waals surface area contributed by atoms with Crippen molar-refractivity contribution in [1.29, 1.82) is 0 Å². The number of carbonyl (C=O) groups excluding carboxylic acids is 1. The summed E-state index contributed by atoms with van der Waals surface area (Å²) in [7, 11) is 0. The van der Waals surface area contributed by atoms with Gasteiger partial charge in [0.25, 0.3) is 0 Å². The maximum atomic E-state index is 12.0. The van der Waals surface area contributed by atoms with E-state index in [1.165, 1.54) is 12.8 Å². The van der Waals surface area contributed by atoms with Crippen LogP contribution in [0.5, 0.6) is 0 Å². The number of carbonyl (C=O) groups is 1. The Morgan fingerprint density at radius 2 is 1.95 bits per heavy atom. The lowest BCUT2D eigenvalue weighted by molar-refractivity contribution is -0.140. The molecule has 0 spiro atoms. The zero-order valence-corrected chi connectivity index (χ0v) is 14.1. The molecule has 0 aromatic heterocycles. The number of rotatable bonds is 9. The quantitative estimate of drug-likeness (QED) is 0.346. The molecule has 0 bridgehead atoms. The molecule has 1 atom stereocenters. The Morgan fingerprint density at radius 3 is 2.55 bits per heavy atom. The summed E-state index contributed by atoms with van der Waals surface area (Å²) in [6, 6.07) is 9.96. The normalized spacial score (nSPS) is 12.8. The van der Waals surface area contributed by atoms with Gasteiger partial charge in [-0.15, -0.1) is 0 Å². The van der Waals surface area contributed by atoms with E-state index >= 15 is 0 Å². The van der Waals surface area contributed by atoms with Crippen molar-refractivity contribution in [2.75, 3.05) is 6.61 Å². The number of hydrogen-bond acceptors (Lipinski definition) is 2. The highest BCUT2D eigenvalue weighted by molar-refractivity contribution is 5.93. The van der Waals surface area contributed by atoms with Crippen LogP contribution in [0.2, 0.25) is 0 Å². The first-order chi connectivity index (χ1) is 10.6. The van der Waals surface area contributed by atoms with Crippen LogP contribution in [0, 0.1) is 5.92 Å². The van der Waals surface area contributed by atoms with Gasteiger partial charge in [0, 0.05) is 0 Å². The predicted octanol–water partition coefficient (Wildman–Crippen LogP) is 5.41. The summed E-state index contributed by atoms with van der Waals surface area (Å²) in [5, 5.41) is 0. The molecule has 22 heavy (non-hydrogen) atoms. The van der Waals surface area contributed by atoms with Crippen LogP contribution in [0.4, 0.5) is 0 Å². The molecule has 0 aliphatic carbocycles. The van der Waals surface area contributed by atoms with Crippen LogP contribution in [0.25, 0.3) is 5.57 Å². The van der Waals surface area contributed by atoms with Crippen LogP contribution in [0.15, 0.2) is 48.6 Å². The zero-order valence-electron chi connectivity index (χ0n) is 14.1. The molecular formula is C20H28O2. The van der Waals surface area contributed by atoms with Gasteiger partial charge in [-0.05, 0) is 36.5 Å². The fraction of sp³-hybridized carbons (Fsp3) is 0.450. The van der Waals surface area contributed by atoms with E-state index in [9.17, 15) is 4.79 Å². The third-order valence-electron chi connectivity index (χ3n) is 3.88. The largest absolute Gasteiger partial charge is 0.462 e. The number of allylic oxidation sites excluding steroid dienone is 1. The monoisotopic (exact) mass is 300 g/mol. The third kappa shape index (κ3) is 6.30. The molecule has 0 amide bonds. The molecule has 0 heterocycles. The second kappa shape index (κ2) is 9.99. The minimum absolute atomic E-state index is 0.315. The number of hydrogen-bond donors (Lipinski definition) is 0. The number of ether oxygens (including phenoxy) is 1. The summed E-state index contributed by atoms with van der Waals surface area (Å²) >= 11 is 0.